The fraction of sp³-hybridized carbons (Fsp3) is 0. The highest BCUT2D eigenvalue weighted by molar-refractivity contribution is 6.58. The molecule has 0 atom stereocenters. The molecule has 0 aliphatic rings. The topological polar surface area (TPSA) is 69.2 Å². The smallest absolute Gasteiger partial charge is 0.423 e. The number of rotatable bonds is 3. The first-order chi connectivity index (χ1) is 12.7. The highest BCUT2D eigenvalue weighted by Gasteiger charge is 2.16. The molecule has 3 aromatic carbocycles. The van der Waals surface area contributed by atoms with E-state index in [1.165, 1.54) is 0 Å². The van der Waals surface area contributed by atoms with E-state index >= 15 is 0 Å². The Bertz CT molecular complexity index is 1110. The zero-order valence-electron chi connectivity index (χ0n) is 13.9. The summed E-state index contributed by atoms with van der Waals surface area (Å²) in [6.07, 6.45) is 0. The van der Waals surface area contributed by atoms with E-state index in [0.717, 1.165) is 27.8 Å². The van der Waals surface area contributed by atoms with Crippen LogP contribution in [0.5, 0.6) is 0 Å². The van der Waals surface area contributed by atoms with Gasteiger partial charge >= 0.3 is 7.12 Å². The fourth-order valence-corrected chi connectivity index (χ4v) is 3.18. The van der Waals surface area contributed by atoms with Crippen molar-refractivity contribution in [3.63, 3.8) is 0 Å². The Morgan fingerprint density at radius 2 is 1.58 bits per heavy atom. The Balaban J connectivity index is 2.00. The van der Waals surface area contributed by atoms with E-state index < -0.39 is 7.12 Å². The number of fused-ring (bicyclic) bond motifs is 1. The van der Waals surface area contributed by atoms with Gasteiger partial charge in [-0.05, 0) is 47.4 Å². The molecule has 1 aromatic heterocycles. The molecule has 0 aliphatic carbocycles. The molecule has 0 bridgehead atoms. The Kier molecular flexibility index (Phi) is 4.06. The van der Waals surface area contributed by atoms with Gasteiger partial charge in [0.25, 0.3) is 0 Å². The lowest BCUT2D eigenvalue weighted by atomic mass is 9.80. The average molecular weight is 338 g/mol. The van der Waals surface area contributed by atoms with E-state index in [4.69, 9.17) is 5.26 Å². The average Bonchev–Trinajstić information content (AvgIpc) is 3.07. The third kappa shape index (κ3) is 2.78. The first-order valence-electron chi connectivity index (χ1n) is 8.25. The Morgan fingerprint density at radius 3 is 2.23 bits per heavy atom. The van der Waals surface area contributed by atoms with E-state index in [9.17, 15) is 10.0 Å². The van der Waals surface area contributed by atoms with Crippen LogP contribution in [0.25, 0.3) is 27.8 Å². The second kappa shape index (κ2) is 6.53. The lowest BCUT2D eigenvalue weighted by Crippen LogP contribution is -2.29. The largest absolute Gasteiger partial charge is 0.488 e. The summed E-state index contributed by atoms with van der Waals surface area (Å²) in [5.41, 5.74) is 5.01. The van der Waals surface area contributed by atoms with Crippen molar-refractivity contribution in [1.82, 2.24) is 4.57 Å². The number of nitrogens with zero attached hydrogens (tertiary/aromatic N) is 2. The standard InChI is InChI=1S/C21H15BN2O2/c23-14-15-6-9-19(10-7-15)24-20-11-8-18(22(25)26)12-17(20)13-21(24)16-4-2-1-3-5-16/h1-13,25-26H. The number of hydrogen-bond acceptors (Lipinski definition) is 3. The molecule has 1 heterocycles. The quantitative estimate of drug-likeness (QED) is 0.565. The van der Waals surface area contributed by atoms with Crippen LogP contribution < -0.4 is 5.46 Å². The molecule has 5 heteroatoms. The normalized spacial score (nSPS) is 10.7. The molecule has 4 nitrogen and oxygen atoms in total. The number of benzene rings is 3. The molecule has 0 amide bonds. The minimum Gasteiger partial charge on any atom is -0.423 e. The monoisotopic (exact) mass is 338 g/mol. The van der Waals surface area contributed by atoms with Crippen molar-refractivity contribution in [3.05, 3.63) is 84.4 Å². The van der Waals surface area contributed by atoms with E-state index in [1.54, 1.807) is 24.3 Å². The fourth-order valence-electron chi connectivity index (χ4n) is 3.18. The summed E-state index contributed by atoms with van der Waals surface area (Å²) >= 11 is 0. The SMILES string of the molecule is N#Cc1ccc(-n2c(-c3ccccc3)cc3cc(B(O)O)ccc32)cc1. The summed E-state index contributed by atoms with van der Waals surface area (Å²) in [5.74, 6) is 0. The van der Waals surface area contributed by atoms with E-state index in [-0.39, 0.29) is 0 Å². The van der Waals surface area contributed by atoms with Crippen molar-refractivity contribution in [2.24, 2.45) is 0 Å². The molecule has 26 heavy (non-hydrogen) atoms. The van der Waals surface area contributed by atoms with Crippen LogP contribution in [0, 0.1) is 11.3 Å². The van der Waals surface area contributed by atoms with Crippen molar-refractivity contribution in [2.75, 3.05) is 0 Å². The number of hydrogen-bond donors (Lipinski definition) is 2. The Labute approximate surface area is 151 Å². The van der Waals surface area contributed by atoms with Crippen molar-refractivity contribution >= 4 is 23.5 Å². The maximum Gasteiger partial charge on any atom is 0.488 e. The zero-order chi connectivity index (χ0) is 18.1. The molecular weight excluding hydrogens is 323 g/mol. The molecule has 0 saturated carbocycles. The summed E-state index contributed by atoms with van der Waals surface area (Å²) in [4.78, 5) is 0. The summed E-state index contributed by atoms with van der Waals surface area (Å²) in [6.45, 7) is 0. The molecule has 0 radical (unpaired) electrons. The van der Waals surface area contributed by atoms with Crippen molar-refractivity contribution < 1.29 is 10.0 Å². The van der Waals surface area contributed by atoms with Gasteiger partial charge in [0, 0.05) is 11.1 Å². The molecule has 0 unspecified atom stereocenters. The van der Waals surface area contributed by atoms with Gasteiger partial charge in [0.05, 0.1) is 22.8 Å². The first-order valence-corrected chi connectivity index (χ1v) is 8.25. The van der Waals surface area contributed by atoms with E-state index in [1.807, 2.05) is 54.6 Å². The maximum atomic E-state index is 9.47. The van der Waals surface area contributed by atoms with Crippen molar-refractivity contribution in [3.8, 4) is 23.0 Å². The summed E-state index contributed by atoms with van der Waals surface area (Å²) < 4.78 is 2.11. The molecule has 4 aromatic rings. The van der Waals surface area contributed by atoms with Gasteiger partial charge in [-0.1, -0.05) is 42.5 Å². The second-order valence-corrected chi connectivity index (χ2v) is 6.08. The van der Waals surface area contributed by atoms with Gasteiger partial charge in [-0.2, -0.15) is 5.26 Å². The molecule has 2 N–H and O–H groups in total. The molecule has 124 valence electrons. The summed E-state index contributed by atoms with van der Waals surface area (Å²) in [6, 6.07) is 27.0. The van der Waals surface area contributed by atoms with Crippen LogP contribution in [0.1, 0.15) is 5.56 Å². The molecule has 0 aliphatic heterocycles. The van der Waals surface area contributed by atoms with Crippen LogP contribution in [0.4, 0.5) is 0 Å². The minimum atomic E-state index is -1.50. The number of nitriles is 1. The number of aromatic nitrogens is 1. The first kappa shape index (κ1) is 16.2. The van der Waals surface area contributed by atoms with Gasteiger partial charge in [-0.25, -0.2) is 0 Å². The van der Waals surface area contributed by atoms with Gasteiger partial charge in [0.2, 0.25) is 0 Å². The van der Waals surface area contributed by atoms with Crippen LogP contribution in [0.3, 0.4) is 0 Å². The van der Waals surface area contributed by atoms with Gasteiger partial charge in [0.15, 0.2) is 0 Å². The predicted molar refractivity (Wildman–Crippen MR) is 103 cm³/mol. The molecule has 0 spiro atoms. The third-order valence-corrected chi connectivity index (χ3v) is 4.45. The van der Waals surface area contributed by atoms with Crippen LogP contribution in [0.2, 0.25) is 0 Å². The molecule has 0 saturated heterocycles. The van der Waals surface area contributed by atoms with Crippen molar-refractivity contribution in [1.29, 1.82) is 5.26 Å². The van der Waals surface area contributed by atoms with Crippen LogP contribution in [0.15, 0.2) is 78.9 Å². The lowest BCUT2D eigenvalue weighted by molar-refractivity contribution is 0.426. The lowest BCUT2D eigenvalue weighted by Gasteiger charge is -2.11. The molecular formula is C21H15BN2O2. The zero-order valence-corrected chi connectivity index (χ0v) is 13.9. The Morgan fingerprint density at radius 1 is 0.846 bits per heavy atom. The van der Waals surface area contributed by atoms with Crippen LogP contribution >= 0.6 is 0 Å². The van der Waals surface area contributed by atoms with E-state index in [0.29, 0.717) is 11.0 Å². The van der Waals surface area contributed by atoms with Crippen molar-refractivity contribution in [2.45, 2.75) is 0 Å². The molecule has 4 rings (SSSR count). The van der Waals surface area contributed by atoms with Gasteiger partial charge in [-0.3, -0.25) is 0 Å². The highest BCUT2D eigenvalue weighted by Crippen LogP contribution is 2.31. The van der Waals surface area contributed by atoms with E-state index in [2.05, 4.69) is 10.6 Å². The van der Waals surface area contributed by atoms with Gasteiger partial charge < -0.3 is 14.6 Å². The minimum absolute atomic E-state index is 0.453. The van der Waals surface area contributed by atoms with Gasteiger partial charge in [0.1, 0.15) is 0 Å². The van der Waals surface area contributed by atoms with Crippen LogP contribution in [-0.2, 0) is 0 Å². The predicted octanol–water partition coefficient (Wildman–Crippen LogP) is 2.85. The Hall–Kier alpha value is -3.33. The summed E-state index contributed by atoms with van der Waals surface area (Å²) in [7, 11) is -1.50. The second-order valence-electron chi connectivity index (χ2n) is 6.08. The van der Waals surface area contributed by atoms with Crippen LogP contribution in [-0.4, -0.2) is 21.7 Å². The van der Waals surface area contributed by atoms with Gasteiger partial charge in [-0.15, -0.1) is 0 Å². The molecule has 0 fully saturated rings. The highest BCUT2D eigenvalue weighted by atomic mass is 16.4. The maximum absolute atomic E-state index is 9.47. The third-order valence-electron chi connectivity index (χ3n) is 4.45. The summed E-state index contributed by atoms with van der Waals surface area (Å²) in [5, 5.41) is 28.9.